The van der Waals surface area contributed by atoms with Crippen LogP contribution in [0, 0.1) is 11.8 Å². The monoisotopic (exact) mass is 395 g/mol. The Kier molecular flexibility index (Phi) is 5.25. The van der Waals surface area contributed by atoms with Crippen LogP contribution in [-0.2, 0) is 4.79 Å². The number of carboxylic acid groups (broad SMARTS) is 1. The van der Waals surface area contributed by atoms with Crippen molar-refractivity contribution < 1.29 is 27.8 Å². The largest absolute Gasteiger partial charge is 0.497 e. The third kappa shape index (κ3) is 3.80. The fraction of sp³-hybridized carbons (Fsp3) is 0.533. The average molecular weight is 396 g/mol. The normalized spacial score (nSPS) is 23.7. The van der Waals surface area contributed by atoms with E-state index < -0.39 is 24.0 Å². The fourth-order valence-electron chi connectivity index (χ4n) is 2.90. The van der Waals surface area contributed by atoms with E-state index in [-0.39, 0.29) is 19.1 Å². The number of hydrogen-bond donors (Lipinski definition) is 1. The molecule has 1 fully saturated rings. The molecule has 0 bridgehead atoms. The smallest absolute Gasteiger partial charge is 0.393 e. The molecule has 128 valence electrons. The van der Waals surface area contributed by atoms with Crippen LogP contribution in [0.4, 0.5) is 13.2 Å². The summed E-state index contributed by atoms with van der Waals surface area (Å²) >= 11 is 3.39. The number of carbonyl (C=O) groups is 1. The van der Waals surface area contributed by atoms with Crippen molar-refractivity contribution in [2.24, 2.45) is 11.8 Å². The molecule has 0 spiro atoms. The lowest BCUT2D eigenvalue weighted by Crippen LogP contribution is -2.33. The predicted octanol–water partition coefficient (Wildman–Crippen LogP) is 3.71. The zero-order valence-electron chi connectivity index (χ0n) is 12.6. The van der Waals surface area contributed by atoms with Gasteiger partial charge in [0, 0.05) is 23.6 Å². The van der Waals surface area contributed by atoms with Crippen molar-refractivity contribution in [2.45, 2.75) is 19.1 Å². The van der Waals surface area contributed by atoms with E-state index >= 15 is 0 Å². The maximum Gasteiger partial charge on any atom is 0.393 e. The SMILES string of the molecule is COc1ccc(C(C)N2C[C@@H](C(F)(F)F)[C@H](C(=O)O)C2)c(Br)c1. The van der Waals surface area contributed by atoms with Gasteiger partial charge in [-0.15, -0.1) is 0 Å². The Labute approximate surface area is 140 Å². The number of aliphatic carboxylic acids is 1. The van der Waals surface area contributed by atoms with Crippen LogP contribution in [0.1, 0.15) is 18.5 Å². The summed E-state index contributed by atoms with van der Waals surface area (Å²) in [6, 6.07) is 4.88. The summed E-state index contributed by atoms with van der Waals surface area (Å²) in [5, 5.41) is 9.09. The number of ether oxygens (including phenoxy) is 1. The molecule has 1 aromatic carbocycles. The van der Waals surface area contributed by atoms with Gasteiger partial charge in [-0.25, -0.2) is 0 Å². The van der Waals surface area contributed by atoms with Gasteiger partial charge >= 0.3 is 12.1 Å². The number of alkyl halides is 3. The van der Waals surface area contributed by atoms with Crippen molar-refractivity contribution in [1.29, 1.82) is 0 Å². The zero-order chi connectivity index (χ0) is 17.4. The molecule has 8 heteroatoms. The average Bonchev–Trinajstić information content (AvgIpc) is 2.92. The molecule has 3 atom stereocenters. The van der Waals surface area contributed by atoms with Crippen LogP contribution in [0.25, 0.3) is 0 Å². The van der Waals surface area contributed by atoms with Crippen molar-refractivity contribution in [2.75, 3.05) is 20.2 Å². The van der Waals surface area contributed by atoms with Gasteiger partial charge in [-0.1, -0.05) is 22.0 Å². The molecule has 1 aromatic rings. The molecule has 1 unspecified atom stereocenters. The predicted molar refractivity (Wildman–Crippen MR) is 81.4 cm³/mol. The van der Waals surface area contributed by atoms with Gasteiger partial charge in [0.1, 0.15) is 5.75 Å². The fourth-order valence-corrected chi connectivity index (χ4v) is 3.59. The maximum atomic E-state index is 13.1. The first kappa shape index (κ1) is 18.1. The Bertz CT molecular complexity index is 594. The molecule has 0 amide bonds. The number of benzene rings is 1. The van der Waals surface area contributed by atoms with E-state index in [1.807, 2.05) is 0 Å². The second-order valence-electron chi connectivity index (χ2n) is 5.61. The highest BCUT2D eigenvalue weighted by atomic mass is 79.9. The van der Waals surface area contributed by atoms with Gasteiger partial charge in [-0.3, -0.25) is 9.69 Å². The quantitative estimate of drug-likeness (QED) is 0.843. The Morgan fingerprint density at radius 1 is 1.43 bits per heavy atom. The first-order valence-electron chi connectivity index (χ1n) is 7.02. The first-order valence-corrected chi connectivity index (χ1v) is 7.81. The van der Waals surface area contributed by atoms with Crippen molar-refractivity contribution in [3.8, 4) is 5.75 Å². The molecule has 2 rings (SSSR count). The highest BCUT2D eigenvalue weighted by Crippen LogP contribution is 2.41. The van der Waals surface area contributed by atoms with Gasteiger partial charge in [0.25, 0.3) is 0 Å². The summed E-state index contributed by atoms with van der Waals surface area (Å²) in [5.74, 6) is -4.06. The van der Waals surface area contributed by atoms with Gasteiger partial charge in [0.15, 0.2) is 0 Å². The van der Waals surface area contributed by atoms with Crippen LogP contribution in [0.2, 0.25) is 0 Å². The van der Waals surface area contributed by atoms with Gasteiger partial charge < -0.3 is 9.84 Å². The molecule has 1 aliphatic heterocycles. The van der Waals surface area contributed by atoms with E-state index in [0.29, 0.717) is 10.2 Å². The number of nitrogens with zero attached hydrogens (tertiary/aromatic N) is 1. The standard InChI is InChI=1S/C15H17BrF3NO3/c1-8(10-4-3-9(23-2)5-13(10)16)20-6-11(14(21)22)12(7-20)15(17,18)19/h3-5,8,11-12H,6-7H2,1-2H3,(H,21,22)/t8?,11-,12-/m1/s1. The Balaban J connectivity index is 2.24. The van der Waals surface area contributed by atoms with Crippen LogP contribution in [0.5, 0.6) is 5.75 Å². The summed E-state index contributed by atoms with van der Waals surface area (Å²) in [7, 11) is 1.52. The van der Waals surface area contributed by atoms with E-state index in [2.05, 4.69) is 15.9 Å². The van der Waals surface area contributed by atoms with E-state index in [4.69, 9.17) is 9.84 Å². The second-order valence-corrected chi connectivity index (χ2v) is 6.46. The molecule has 1 saturated heterocycles. The Morgan fingerprint density at radius 2 is 2.09 bits per heavy atom. The molecule has 1 aliphatic rings. The molecule has 0 aromatic heterocycles. The molecule has 4 nitrogen and oxygen atoms in total. The van der Waals surface area contributed by atoms with Gasteiger partial charge in [-0.05, 0) is 24.6 Å². The van der Waals surface area contributed by atoms with Crippen LogP contribution in [0.3, 0.4) is 0 Å². The summed E-state index contributed by atoms with van der Waals surface area (Å²) in [6.45, 7) is 1.32. The number of methoxy groups -OCH3 is 1. The molecule has 0 radical (unpaired) electrons. The van der Waals surface area contributed by atoms with Crippen LogP contribution in [-0.4, -0.2) is 42.4 Å². The second kappa shape index (κ2) is 6.68. The molecule has 0 saturated carbocycles. The van der Waals surface area contributed by atoms with Crippen LogP contribution >= 0.6 is 15.9 Å². The number of likely N-dealkylation sites (tertiary alicyclic amines) is 1. The Morgan fingerprint density at radius 3 is 2.52 bits per heavy atom. The molecule has 1 N–H and O–H groups in total. The van der Waals surface area contributed by atoms with Gasteiger partial charge in [-0.2, -0.15) is 13.2 Å². The molecular formula is C15H17BrF3NO3. The minimum absolute atomic E-state index is 0.126. The number of carboxylic acids is 1. The lowest BCUT2D eigenvalue weighted by atomic mass is 9.96. The summed E-state index contributed by atoms with van der Waals surface area (Å²) < 4.78 is 45.0. The van der Waals surface area contributed by atoms with Crippen LogP contribution < -0.4 is 4.74 Å². The lowest BCUT2D eigenvalue weighted by molar-refractivity contribution is -0.188. The zero-order valence-corrected chi connectivity index (χ0v) is 14.2. The topological polar surface area (TPSA) is 49.8 Å². The maximum absolute atomic E-state index is 13.1. The lowest BCUT2D eigenvalue weighted by Gasteiger charge is -2.26. The van der Waals surface area contributed by atoms with E-state index in [9.17, 15) is 18.0 Å². The summed E-state index contributed by atoms with van der Waals surface area (Å²) in [4.78, 5) is 12.7. The molecule has 1 heterocycles. The summed E-state index contributed by atoms with van der Waals surface area (Å²) in [6.07, 6.45) is -4.52. The molecule has 23 heavy (non-hydrogen) atoms. The minimum atomic E-state index is -4.52. The third-order valence-corrected chi connectivity index (χ3v) is 4.98. The van der Waals surface area contributed by atoms with E-state index in [1.165, 1.54) is 7.11 Å². The van der Waals surface area contributed by atoms with E-state index in [0.717, 1.165) is 5.56 Å². The number of halogens is 4. The van der Waals surface area contributed by atoms with Gasteiger partial charge in [0.05, 0.1) is 18.9 Å². The highest BCUT2D eigenvalue weighted by Gasteiger charge is 2.53. The molecular weight excluding hydrogens is 379 g/mol. The van der Waals surface area contributed by atoms with Crippen LogP contribution in [0.15, 0.2) is 22.7 Å². The van der Waals surface area contributed by atoms with Crippen molar-refractivity contribution in [3.63, 3.8) is 0 Å². The van der Waals surface area contributed by atoms with Gasteiger partial charge in [0.2, 0.25) is 0 Å². The van der Waals surface area contributed by atoms with Crippen molar-refractivity contribution in [3.05, 3.63) is 28.2 Å². The molecule has 0 aliphatic carbocycles. The van der Waals surface area contributed by atoms with Crippen molar-refractivity contribution in [1.82, 2.24) is 4.90 Å². The highest BCUT2D eigenvalue weighted by molar-refractivity contribution is 9.10. The third-order valence-electron chi connectivity index (χ3n) is 4.29. The van der Waals surface area contributed by atoms with E-state index in [1.54, 1.807) is 30.0 Å². The Hall–Kier alpha value is -1.28. The van der Waals surface area contributed by atoms with Crippen molar-refractivity contribution >= 4 is 21.9 Å². The number of hydrogen-bond acceptors (Lipinski definition) is 3. The minimum Gasteiger partial charge on any atom is -0.497 e. The number of rotatable bonds is 4. The first-order chi connectivity index (χ1) is 10.6. The summed E-state index contributed by atoms with van der Waals surface area (Å²) in [5.41, 5.74) is 0.790.